The van der Waals surface area contributed by atoms with E-state index in [-0.39, 0.29) is 5.91 Å². The molecule has 19 heavy (non-hydrogen) atoms. The van der Waals surface area contributed by atoms with E-state index in [0.717, 1.165) is 19.5 Å². The zero-order chi connectivity index (χ0) is 13.7. The van der Waals surface area contributed by atoms with Crippen LogP contribution in [0.5, 0.6) is 5.75 Å². The van der Waals surface area contributed by atoms with Gasteiger partial charge in [0.15, 0.2) is 0 Å². The molecular weight excluding hydrogens is 264 g/mol. The molecule has 0 radical (unpaired) electrons. The fraction of sp³-hybridized carbons (Fsp3) is 0.357. The third kappa shape index (κ3) is 3.72. The predicted octanol–water partition coefficient (Wildman–Crippen LogP) is 2.00. The number of carbonyl (C=O) groups is 1. The zero-order valence-electron chi connectivity index (χ0n) is 10.8. The number of carbonyl (C=O) groups excluding carboxylic acids is 1. The summed E-state index contributed by atoms with van der Waals surface area (Å²) in [5.74, 6) is 0.345. The van der Waals surface area contributed by atoms with E-state index in [1.165, 1.54) is 12.7 Å². The van der Waals surface area contributed by atoms with E-state index in [1.807, 2.05) is 0 Å². The van der Waals surface area contributed by atoms with Crippen LogP contribution in [0.2, 0.25) is 5.02 Å². The minimum Gasteiger partial charge on any atom is -0.496 e. The summed E-state index contributed by atoms with van der Waals surface area (Å²) in [4.78, 5) is 12.1. The number of benzene rings is 1. The average molecular weight is 281 g/mol. The Kier molecular flexibility index (Phi) is 4.82. The molecule has 102 valence electrons. The van der Waals surface area contributed by atoms with Crippen molar-refractivity contribution in [3.63, 3.8) is 0 Å². The highest BCUT2D eigenvalue weighted by atomic mass is 35.5. The highest BCUT2D eigenvalue weighted by Gasteiger charge is 2.13. The summed E-state index contributed by atoms with van der Waals surface area (Å²) in [6.45, 7) is 2.41. The van der Waals surface area contributed by atoms with Crippen molar-refractivity contribution in [3.8, 4) is 5.75 Å². The molecule has 4 nitrogen and oxygen atoms in total. The molecule has 2 rings (SSSR count). The van der Waals surface area contributed by atoms with Crippen LogP contribution in [-0.4, -0.2) is 32.7 Å². The van der Waals surface area contributed by atoms with Gasteiger partial charge < -0.3 is 15.4 Å². The Labute approximate surface area is 117 Å². The molecular formula is C14H17ClN2O2. The molecule has 1 aromatic rings. The summed E-state index contributed by atoms with van der Waals surface area (Å²) in [5, 5.41) is 6.69. The second-order valence-corrected chi connectivity index (χ2v) is 4.78. The van der Waals surface area contributed by atoms with Crippen molar-refractivity contribution in [2.45, 2.75) is 6.42 Å². The number of amides is 1. The van der Waals surface area contributed by atoms with E-state index < -0.39 is 0 Å². The number of hydrogen-bond donors (Lipinski definition) is 2. The van der Waals surface area contributed by atoms with E-state index in [4.69, 9.17) is 16.3 Å². The first-order valence-electron chi connectivity index (χ1n) is 6.21. The summed E-state index contributed by atoms with van der Waals surface area (Å²) in [6.07, 6.45) is 3.08. The van der Waals surface area contributed by atoms with E-state index in [2.05, 4.69) is 16.7 Å². The number of methoxy groups -OCH3 is 1. The SMILES string of the molecule is COc1cc(Cl)ccc1C(=O)NCC1=CCNCC1. The Morgan fingerprint density at radius 1 is 1.53 bits per heavy atom. The lowest BCUT2D eigenvalue weighted by atomic mass is 10.1. The minimum atomic E-state index is -0.145. The van der Waals surface area contributed by atoms with Crippen LogP contribution in [0.15, 0.2) is 29.8 Å². The van der Waals surface area contributed by atoms with E-state index in [9.17, 15) is 4.79 Å². The molecule has 0 fully saturated rings. The van der Waals surface area contributed by atoms with Gasteiger partial charge in [0.1, 0.15) is 5.75 Å². The first-order chi connectivity index (χ1) is 9.20. The maximum Gasteiger partial charge on any atom is 0.255 e. The lowest BCUT2D eigenvalue weighted by molar-refractivity contribution is 0.0953. The van der Waals surface area contributed by atoms with Crippen LogP contribution in [0.4, 0.5) is 0 Å². The normalized spacial score (nSPS) is 14.7. The van der Waals surface area contributed by atoms with Gasteiger partial charge in [-0.2, -0.15) is 0 Å². The lowest BCUT2D eigenvalue weighted by Gasteiger charge is -2.15. The maximum absolute atomic E-state index is 12.1. The Bertz CT molecular complexity index is 500. The molecule has 0 aromatic heterocycles. The van der Waals surface area contributed by atoms with Crippen molar-refractivity contribution >= 4 is 17.5 Å². The fourth-order valence-electron chi connectivity index (χ4n) is 1.97. The molecule has 5 heteroatoms. The molecule has 1 aliphatic heterocycles. The number of halogens is 1. The fourth-order valence-corrected chi connectivity index (χ4v) is 2.13. The Morgan fingerprint density at radius 3 is 3.05 bits per heavy atom. The number of rotatable bonds is 4. The monoisotopic (exact) mass is 280 g/mol. The summed E-state index contributed by atoms with van der Waals surface area (Å²) in [7, 11) is 1.53. The molecule has 0 bridgehead atoms. The second kappa shape index (κ2) is 6.59. The lowest BCUT2D eigenvalue weighted by Crippen LogP contribution is -2.29. The summed E-state index contributed by atoms with van der Waals surface area (Å²) in [6, 6.07) is 5.00. The van der Waals surface area contributed by atoms with Gasteiger partial charge >= 0.3 is 0 Å². The van der Waals surface area contributed by atoms with Crippen LogP contribution in [0, 0.1) is 0 Å². The van der Waals surface area contributed by atoms with Gasteiger partial charge in [-0.3, -0.25) is 4.79 Å². The predicted molar refractivity (Wildman–Crippen MR) is 75.9 cm³/mol. The second-order valence-electron chi connectivity index (χ2n) is 4.34. The highest BCUT2D eigenvalue weighted by molar-refractivity contribution is 6.30. The van der Waals surface area contributed by atoms with E-state index in [0.29, 0.717) is 22.9 Å². The average Bonchev–Trinajstić information content (AvgIpc) is 2.45. The van der Waals surface area contributed by atoms with Gasteiger partial charge in [0.25, 0.3) is 5.91 Å². The van der Waals surface area contributed by atoms with Crippen molar-refractivity contribution in [2.24, 2.45) is 0 Å². The molecule has 1 aliphatic rings. The molecule has 1 aromatic carbocycles. The summed E-state index contributed by atoms with van der Waals surface area (Å²) in [5.41, 5.74) is 1.75. The molecule has 1 heterocycles. The summed E-state index contributed by atoms with van der Waals surface area (Å²) >= 11 is 5.87. The highest BCUT2D eigenvalue weighted by Crippen LogP contribution is 2.23. The molecule has 0 atom stereocenters. The van der Waals surface area contributed by atoms with Gasteiger partial charge in [-0.1, -0.05) is 23.3 Å². The molecule has 0 saturated heterocycles. The third-order valence-corrected chi connectivity index (χ3v) is 3.28. The number of nitrogens with one attached hydrogen (secondary N) is 2. The smallest absolute Gasteiger partial charge is 0.255 e. The standard InChI is InChI=1S/C14H17ClN2O2/c1-19-13-8-11(15)2-3-12(13)14(18)17-9-10-4-6-16-7-5-10/h2-4,8,16H,5-7,9H2,1H3,(H,17,18). The van der Waals surface area contributed by atoms with Crippen LogP contribution in [0.25, 0.3) is 0 Å². The van der Waals surface area contributed by atoms with Gasteiger partial charge in [-0.15, -0.1) is 0 Å². The van der Waals surface area contributed by atoms with Crippen LogP contribution in [0.1, 0.15) is 16.8 Å². The van der Waals surface area contributed by atoms with Crippen molar-refractivity contribution in [2.75, 3.05) is 26.7 Å². The maximum atomic E-state index is 12.1. The molecule has 0 spiro atoms. The Hall–Kier alpha value is -1.52. The van der Waals surface area contributed by atoms with Crippen molar-refractivity contribution in [3.05, 3.63) is 40.4 Å². The number of hydrogen-bond acceptors (Lipinski definition) is 3. The van der Waals surface area contributed by atoms with E-state index >= 15 is 0 Å². The summed E-state index contributed by atoms with van der Waals surface area (Å²) < 4.78 is 5.17. The molecule has 1 amide bonds. The van der Waals surface area contributed by atoms with Gasteiger partial charge in [-0.05, 0) is 31.2 Å². The zero-order valence-corrected chi connectivity index (χ0v) is 11.6. The number of ether oxygens (including phenoxy) is 1. The van der Waals surface area contributed by atoms with Crippen LogP contribution in [0.3, 0.4) is 0 Å². The molecule has 0 aliphatic carbocycles. The minimum absolute atomic E-state index is 0.145. The Balaban J connectivity index is 2.01. The van der Waals surface area contributed by atoms with Gasteiger partial charge in [0.2, 0.25) is 0 Å². The van der Waals surface area contributed by atoms with Crippen LogP contribution >= 0.6 is 11.6 Å². The Morgan fingerprint density at radius 2 is 2.37 bits per heavy atom. The molecule has 0 unspecified atom stereocenters. The van der Waals surface area contributed by atoms with Crippen molar-refractivity contribution in [1.82, 2.24) is 10.6 Å². The van der Waals surface area contributed by atoms with Crippen LogP contribution in [-0.2, 0) is 0 Å². The van der Waals surface area contributed by atoms with Crippen molar-refractivity contribution < 1.29 is 9.53 Å². The van der Waals surface area contributed by atoms with Gasteiger partial charge in [0.05, 0.1) is 12.7 Å². The topological polar surface area (TPSA) is 50.4 Å². The van der Waals surface area contributed by atoms with Gasteiger partial charge in [-0.25, -0.2) is 0 Å². The largest absolute Gasteiger partial charge is 0.496 e. The van der Waals surface area contributed by atoms with Crippen LogP contribution < -0.4 is 15.4 Å². The first kappa shape index (κ1) is 13.9. The third-order valence-electron chi connectivity index (χ3n) is 3.04. The first-order valence-corrected chi connectivity index (χ1v) is 6.59. The van der Waals surface area contributed by atoms with Crippen molar-refractivity contribution in [1.29, 1.82) is 0 Å². The van der Waals surface area contributed by atoms with Gasteiger partial charge in [0, 0.05) is 18.1 Å². The van der Waals surface area contributed by atoms with E-state index in [1.54, 1.807) is 18.2 Å². The quantitative estimate of drug-likeness (QED) is 0.830. The molecule has 2 N–H and O–H groups in total. The molecule has 0 saturated carbocycles.